The van der Waals surface area contributed by atoms with Gasteiger partial charge in [0.1, 0.15) is 0 Å². The van der Waals surface area contributed by atoms with Crippen LogP contribution in [0.3, 0.4) is 0 Å². The van der Waals surface area contributed by atoms with Gasteiger partial charge < -0.3 is 9.79 Å². The second kappa shape index (κ2) is 20.8. The topological polar surface area (TPSA) is 66.8 Å². The molecule has 2 N–H and O–H groups in total. The summed E-state index contributed by atoms with van der Waals surface area (Å²) in [6.07, 6.45) is 21.7. The van der Waals surface area contributed by atoms with E-state index in [9.17, 15) is 4.57 Å². The summed E-state index contributed by atoms with van der Waals surface area (Å²) in [6.45, 7) is 2.41. The van der Waals surface area contributed by atoms with Crippen LogP contribution in [0.5, 0.6) is 0 Å². The molecule has 0 fully saturated rings. The molecule has 0 radical (unpaired) electrons. The van der Waals surface area contributed by atoms with E-state index < -0.39 is 7.82 Å². The van der Waals surface area contributed by atoms with Gasteiger partial charge in [-0.25, -0.2) is 4.57 Å². The zero-order chi connectivity index (χ0) is 17.2. The quantitative estimate of drug-likeness (QED) is 0.150. The van der Waals surface area contributed by atoms with Gasteiger partial charge >= 0.3 is 59.2 Å². The first-order valence-corrected chi connectivity index (χ1v) is 10.9. The minimum absolute atomic E-state index is 0. The maximum atomic E-state index is 10.5. The van der Waals surface area contributed by atoms with Gasteiger partial charge in [-0.1, -0.05) is 76.9 Å². The van der Waals surface area contributed by atoms with Crippen molar-refractivity contribution in [2.24, 2.45) is 0 Å². The Morgan fingerprint density at radius 3 is 1.62 bits per heavy atom. The number of rotatable bonds is 17. The van der Waals surface area contributed by atoms with Gasteiger partial charge in [-0.2, -0.15) is 0 Å². The minimum atomic E-state index is -4.26. The summed E-state index contributed by atoms with van der Waals surface area (Å²) in [7, 11) is -4.26. The van der Waals surface area contributed by atoms with Gasteiger partial charge in [0.2, 0.25) is 0 Å². The van der Waals surface area contributed by atoms with Gasteiger partial charge in [0.05, 0.1) is 6.61 Å². The molecule has 140 valence electrons. The average molecular weight is 389 g/mol. The molecule has 6 heteroatoms. The van der Waals surface area contributed by atoms with Crippen molar-refractivity contribution in [2.45, 2.75) is 96.8 Å². The summed E-state index contributed by atoms with van der Waals surface area (Å²) < 4.78 is 14.9. The van der Waals surface area contributed by atoms with E-state index in [0.29, 0.717) is 0 Å². The van der Waals surface area contributed by atoms with Gasteiger partial charge in [0, 0.05) is 0 Å². The number of hydrogen-bond donors (Lipinski definition) is 2. The van der Waals surface area contributed by atoms with Crippen molar-refractivity contribution < 1.29 is 18.9 Å². The van der Waals surface area contributed by atoms with Gasteiger partial charge in [0.25, 0.3) is 0 Å². The molecule has 0 atom stereocenters. The zero-order valence-electron chi connectivity index (χ0n) is 14.9. The molecule has 4 nitrogen and oxygen atoms in total. The van der Waals surface area contributed by atoms with Crippen LogP contribution in [0.2, 0.25) is 0 Å². The molecular formula is C18H38KO4P. The Morgan fingerprint density at radius 2 is 1.17 bits per heavy atom. The van der Waals surface area contributed by atoms with Gasteiger partial charge in [-0.15, -0.1) is 0 Å². The first-order valence-electron chi connectivity index (χ1n) is 9.41. The third-order valence-corrected chi connectivity index (χ3v) is 4.43. The molecule has 0 aliphatic carbocycles. The van der Waals surface area contributed by atoms with Crippen LogP contribution in [-0.4, -0.2) is 67.8 Å². The first kappa shape index (κ1) is 27.7. The Bertz CT molecular complexity index is 318. The van der Waals surface area contributed by atoms with Crippen LogP contribution in [0.4, 0.5) is 0 Å². The number of allylic oxidation sites excluding steroid dienone is 2. The molecule has 24 heavy (non-hydrogen) atoms. The fourth-order valence-corrected chi connectivity index (χ4v) is 2.90. The number of phosphoric acid groups is 1. The van der Waals surface area contributed by atoms with Crippen LogP contribution in [0.15, 0.2) is 12.2 Å². The van der Waals surface area contributed by atoms with E-state index in [1.165, 1.54) is 70.6 Å². The van der Waals surface area contributed by atoms with Gasteiger partial charge in [0.15, 0.2) is 0 Å². The molecule has 0 heterocycles. The monoisotopic (exact) mass is 388 g/mol. The van der Waals surface area contributed by atoms with Crippen molar-refractivity contribution in [3.05, 3.63) is 12.2 Å². The van der Waals surface area contributed by atoms with Crippen molar-refractivity contribution in [1.82, 2.24) is 0 Å². The molecule has 0 rings (SSSR count). The second-order valence-corrected chi connectivity index (χ2v) is 7.50. The summed E-state index contributed by atoms with van der Waals surface area (Å²) >= 11 is 0. The van der Waals surface area contributed by atoms with E-state index >= 15 is 0 Å². The first-order chi connectivity index (χ1) is 11.1. The summed E-state index contributed by atoms with van der Waals surface area (Å²) in [4.78, 5) is 17.1. The van der Waals surface area contributed by atoms with Crippen LogP contribution < -0.4 is 0 Å². The summed E-state index contributed by atoms with van der Waals surface area (Å²) in [6, 6.07) is 0. The van der Waals surface area contributed by atoms with Crippen molar-refractivity contribution in [3.8, 4) is 0 Å². The van der Waals surface area contributed by atoms with Gasteiger partial charge in [-0.05, 0) is 32.1 Å². The molecule has 0 amide bonds. The predicted molar refractivity (Wildman–Crippen MR) is 105 cm³/mol. The molecule has 0 aromatic carbocycles. The molecule has 0 aromatic heterocycles. The van der Waals surface area contributed by atoms with E-state index in [2.05, 4.69) is 23.6 Å². The zero-order valence-corrected chi connectivity index (χ0v) is 15.8. The SMILES string of the molecule is CCCCCCCC/C=C\CCCCCCCCOP(=O)(O)O.[KH]. The summed E-state index contributed by atoms with van der Waals surface area (Å²) in [5.41, 5.74) is 0. The molecule has 0 saturated heterocycles. The van der Waals surface area contributed by atoms with E-state index in [1.54, 1.807) is 0 Å². The van der Waals surface area contributed by atoms with E-state index in [0.717, 1.165) is 19.3 Å². The fraction of sp³-hybridized carbons (Fsp3) is 0.889. The molecule has 0 aromatic rings. The van der Waals surface area contributed by atoms with E-state index in [4.69, 9.17) is 9.79 Å². The average Bonchev–Trinajstić information content (AvgIpc) is 2.49. The third-order valence-electron chi connectivity index (χ3n) is 3.92. The van der Waals surface area contributed by atoms with Crippen molar-refractivity contribution >= 4 is 59.2 Å². The molecule has 0 saturated carbocycles. The third kappa shape index (κ3) is 25.7. The molecule has 0 spiro atoms. The standard InChI is InChI=1S/C18H37O4P.K.H/c1-2-3-4-5-6-7-8-9-10-11-12-13-14-15-16-17-18-22-23(19,20)21;;/h9-10H,2-8,11-18H2,1H3,(H2,19,20,21);;/b10-9-;;. The van der Waals surface area contributed by atoms with Crippen LogP contribution >= 0.6 is 7.82 Å². The van der Waals surface area contributed by atoms with Gasteiger partial charge in [-0.3, -0.25) is 4.52 Å². The van der Waals surface area contributed by atoms with E-state index in [1.807, 2.05) is 0 Å². The summed E-state index contributed by atoms with van der Waals surface area (Å²) in [5.74, 6) is 0. The predicted octanol–water partition coefficient (Wildman–Crippen LogP) is 5.48. The molecule has 0 bridgehead atoms. The van der Waals surface area contributed by atoms with Crippen LogP contribution in [0, 0.1) is 0 Å². The molecule has 0 unspecified atom stereocenters. The van der Waals surface area contributed by atoms with Crippen LogP contribution in [0.25, 0.3) is 0 Å². The normalized spacial score (nSPS) is 11.8. The van der Waals surface area contributed by atoms with Crippen LogP contribution in [-0.2, 0) is 9.09 Å². The Hall–Kier alpha value is 1.49. The van der Waals surface area contributed by atoms with Crippen molar-refractivity contribution in [1.29, 1.82) is 0 Å². The molecular weight excluding hydrogens is 350 g/mol. The number of unbranched alkanes of at least 4 members (excludes halogenated alkanes) is 12. The summed E-state index contributed by atoms with van der Waals surface area (Å²) in [5, 5.41) is 0. The van der Waals surface area contributed by atoms with Crippen LogP contribution in [0.1, 0.15) is 96.8 Å². The second-order valence-electron chi connectivity index (χ2n) is 6.26. The number of phosphoric ester groups is 1. The number of hydrogen-bond acceptors (Lipinski definition) is 2. The Kier molecular flexibility index (Phi) is 24.0. The molecule has 0 aliphatic rings. The fourth-order valence-electron chi connectivity index (χ4n) is 2.53. The molecule has 0 aliphatic heterocycles. The Morgan fingerprint density at radius 1 is 0.750 bits per heavy atom. The van der Waals surface area contributed by atoms with Crippen molar-refractivity contribution in [2.75, 3.05) is 6.61 Å². The Labute approximate surface area is 191 Å². The van der Waals surface area contributed by atoms with E-state index in [-0.39, 0.29) is 58.0 Å². The Balaban J connectivity index is 0. The maximum absolute atomic E-state index is 10.5. The van der Waals surface area contributed by atoms with Crippen molar-refractivity contribution in [3.63, 3.8) is 0 Å².